The molecule has 0 spiro atoms. The lowest BCUT2D eigenvalue weighted by Gasteiger charge is -1.96. The largest absolute Gasteiger partial charge is 0.289 e. The van der Waals surface area contributed by atoms with E-state index in [4.69, 9.17) is 5.21 Å². The zero-order chi connectivity index (χ0) is 15.8. The number of rotatable bonds is 5. The Morgan fingerprint density at radius 2 is 1.74 bits per heavy atom. The second kappa shape index (κ2) is 9.30. The van der Waals surface area contributed by atoms with Crippen molar-refractivity contribution >= 4 is 36.2 Å². The lowest BCUT2D eigenvalue weighted by atomic mass is 10.1. The molecule has 0 aliphatic carbocycles. The monoisotopic (exact) mass is 330 g/mol. The van der Waals surface area contributed by atoms with Crippen molar-refractivity contribution in [3.05, 3.63) is 77.6 Å². The minimum atomic E-state index is -0.626. The summed E-state index contributed by atoms with van der Waals surface area (Å²) in [6, 6.07) is 12.5. The SMILES string of the molecule is Cl.O=C(/C=C/c1ccc(/C=C/C(=O)c2ccccc2)cn1)NO. The maximum absolute atomic E-state index is 11.9. The number of carbonyl (C=O) groups is 2. The molecule has 0 fully saturated rings. The summed E-state index contributed by atoms with van der Waals surface area (Å²) in [5, 5.41) is 8.36. The van der Waals surface area contributed by atoms with Gasteiger partial charge in [-0.1, -0.05) is 36.4 Å². The molecule has 0 radical (unpaired) electrons. The van der Waals surface area contributed by atoms with E-state index in [1.54, 1.807) is 36.5 Å². The molecule has 6 heteroatoms. The molecular formula is C17H15ClN2O3. The van der Waals surface area contributed by atoms with Gasteiger partial charge in [0, 0.05) is 17.8 Å². The fraction of sp³-hybridized carbons (Fsp3) is 0. The molecule has 23 heavy (non-hydrogen) atoms. The highest BCUT2D eigenvalue weighted by molar-refractivity contribution is 6.06. The molecule has 0 aliphatic heterocycles. The van der Waals surface area contributed by atoms with Gasteiger partial charge in [-0.3, -0.25) is 19.8 Å². The maximum Gasteiger partial charge on any atom is 0.267 e. The molecule has 2 rings (SSSR count). The van der Waals surface area contributed by atoms with Gasteiger partial charge in [0.05, 0.1) is 5.69 Å². The molecule has 2 aromatic rings. The molecule has 0 saturated heterocycles. The number of benzene rings is 1. The van der Waals surface area contributed by atoms with Gasteiger partial charge >= 0.3 is 0 Å². The van der Waals surface area contributed by atoms with Gasteiger partial charge in [-0.05, 0) is 29.9 Å². The Balaban J connectivity index is 0.00000264. The Bertz CT molecular complexity index is 710. The minimum Gasteiger partial charge on any atom is -0.289 e. The van der Waals surface area contributed by atoms with Crippen molar-refractivity contribution < 1.29 is 14.8 Å². The third kappa shape index (κ3) is 5.86. The molecule has 5 nitrogen and oxygen atoms in total. The summed E-state index contributed by atoms with van der Waals surface area (Å²) in [7, 11) is 0. The van der Waals surface area contributed by atoms with Gasteiger partial charge in [-0.15, -0.1) is 12.4 Å². The van der Waals surface area contributed by atoms with Gasteiger partial charge in [0.15, 0.2) is 5.78 Å². The van der Waals surface area contributed by atoms with Crippen LogP contribution in [0.5, 0.6) is 0 Å². The lowest BCUT2D eigenvalue weighted by molar-refractivity contribution is -0.124. The number of hydroxylamine groups is 1. The molecule has 1 heterocycles. The molecule has 1 aromatic carbocycles. The van der Waals surface area contributed by atoms with Crippen molar-refractivity contribution in [1.82, 2.24) is 10.5 Å². The highest BCUT2D eigenvalue weighted by Gasteiger charge is 1.99. The first-order chi connectivity index (χ1) is 10.7. The van der Waals surface area contributed by atoms with E-state index in [1.807, 2.05) is 18.2 Å². The summed E-state index contributed by atoms with van der Waals surface area (Å²) < 4.78 is 0. The first-order valence-corrected chi connectivity index (χ1v) is 6.55. The lowest BCUT2D eigenvalue weighted by Crippen LogP contribution is -2.14. The number of amides is 1. The quantitative estimate of drug-likeness (QED) is 0.382. The van der Waals surface area contributed by atoms with Crippen LogP contribution >= 0.6 is 12.4 Å². The van der Waals surface area contributed by atoms with Gasteiger partial charge < -0.3 is 0 Å². The van der Waals surface area contributed by atoms with Gasteiger partial charge in [0.2, 0.25) is 0 Å². The Kier molecular flexibility index (Phi) is 7.39. The molecule has 0 saturated carbocycles. The second-order valence-electron chi connectivity index (χ2n) is 4.39. The van der Waals surface area contributed by atoms with Crippen molar-refractivity contribution in [2.75, 3.05) is 0 Å². The van der Waals surface area contributed by atoms with E-state index >= 15 is 0 Å². The summed E-state index contributed by atoms with van der Waals surface area (Å²) in [6.45, 7) is 0. The fourth-order valence-corrected chi connectivity index (χ4v) is 1.68. The molecule has 1 aromatic heterocycles. The molecule has 2 N–H and O–H groups in total. The van der Waals surface area contributed by atoms with E-state index in [9.17, 15) is 9.59 Å². The van der Waals surface area contributed by atoms with E-state index in [0.717, 1.165) is 11.6 Å². The highest BCUT2D eigenvalue weighted by Crippen LogP contribution is 2.06. The summed E-state index contributed by atoms with van der Waals surface area (Å²) in [4.78, 5) is 26.9. The van der Waals surface area contributed by atoms with Crippen molar-refractivity contribution in [2.45, 2.75) is 0 Å². The normalized spacial score (nSPS) is 10.5. The van der Waals surface area contributed by atoms with Gasteiger partial charge in [0.1, 0.15) is 0 Å². The van der Waals surface area contributed by atoms with Crippen LogP contribution in [0.15, 0.2) is 60.8 Å². The number of aromatic nitrogens is 1. The second-order valence-corrected chi connectivity index (χ2v) is 4.39. The highest BCUT2D eigenvalue weighted by atomic mass is 35.5. The van der Waals surface area contributed by atoms with Gasteiger partial charge in [-0.25, -0.2) is 5.48 Å². The van der Waals surface area contributed by atoms with Crippen LogP contribution < -0.4 is 5.48 Å². The van der Waals surface area contributed by atoms with Crippen LogP contribution in [0.25, 0.3) is 12.2 Å². The van der Waals surface area contributed by atoms with Crippen molar-refractivity contribution in [3.63, 3.8) is 0 Å². The standard InChI is InChI=1S/C17H14N2O3.ClH/c20-16(14-4-2-1-3-5-14)10-7-13-6-8-15(18-12-13)9-11-17(21)19-22;/h1-12,22H,(H,19,21);1H/b10-7+,11-9+;. The Morgan fingerprint density at radius 1 is 1.00 bits per heavy atom. The van der Waals surface area contributed by atoms with Crippen LogP contribution in [-0.2, 0) is 4.79 Å². The van der Waals surface area contributed by atoms with E-state index < -0.39 is 5.91 Å². The average molecular weight is 331 g/mol. The molecule has 118 valence electrons. The van der Waals surface area contributed by atoms with Crippen LogP contribution in [0.2, 0.25) is 0 Å². The molecule has 0 aliphatic rings. The molecule has 0 bridgehead atoms. The Morgan fingerprint density at radius 3 is 2.35 bits per heavy atom. The summed E-state index contributed by atoms with van der Waals surface area (Å²) >= 11 is 0. The zero-order valence-electron chi connectivity index (χ0n) is 12.0. The number of ketones is 1. The third-order valence-corrected chi connectivity index (χ3v) is 2.81. The third-order valence-electron chi connectivity index (χ3n) is 2.81. The Labute approximate surface area is 139 Å². The number of allylic oxidation sites excluding steroid dienone is 1. The first-order valence-electron chi connectivity index (χ1n) is 6.55. The van der Waals surface area contributed by atoms with Crippen LogP contribution in [0.4, 0.5) is 0 Å². The molecule has 1 amide bonds. The molecular weight excluding hydrogens is 316 g/mol. The topological polar surface area (TPSA) is 79.3 Å². The van der Waals surface area contributed by atoms with Crippen molar-refractivity contribution in [2.24, 2.45) is 0 Å². The van der Waals surface area contributed by atoms with Crippen LogP contribution in [0.3, 0.4) is 0 Å². The minimum absolute atomic E-state index is 0. The predicted molar refractivity (Wildman–Crippen MR) is 90.3 cm³/mol. The number of hydrogen-bond donors (Lipinski definition) is 2. The van der Waals surface area contributed by atoms with Crippen molar-refractivity contribution in [1.29, 1.82) is 0 Å². The van der Waals surface area contributed by atoms with Crippen LogP contribution in [0.1, 0.15) is 21.6 Å². The van der Waals surface area contributed by atoms with E-state index in [0.29, 0.717) is 11.3 Å². The summed E-state index contributed by atoms with van der Waals surface area (Å²) in [5.74, 6) is -0.705. The molecule has 0 unspecified atom stereocenters. The fourth-order valence-electron chi connectivity index (χ4n) is 1.68. The molecule has 0 atom stereocenters. The van der Waals surface area contributed by atoms with Gasteiger partial charge in [0.25, 0.3) is 5.91 Å². The predicted octanol–water partition coefficient (Wildman–Crippen LogP) is 2.92. The smallest absolute Gasteiger partial charge is 0.267 e. The number of halogens is 1. The van der Waals surface area contributed by atoms with Gasteiger partial charge in [-0.2, -0.15) is 0 Å². The number of pyridine rings is 1. The van der Waals surface area contributed by atoms with E-state index in [2.05, 4.69) is 4.98 Å². The number of carbonyl (C=O) groups excluding carboxylic acids is 2. The van der Waals surface area contributed by atoms with E-state index in [-0.39, 0.29) is 18.2 Å². The summed E-state index contributed by atoms with van der Waals surface area (Å²) in [6.07, 6.45) is 7.38. The number of nitrogens with one attached hydrogen (secondary N) is 1. The summed E-state index contributed by atoms with van der Waals surface area (Å²) in [5.41, 5.74) is 3.46. The average Bonchev–Trinajstić information content (AvgIpc) is 2.59. The van der Waals surface area contributed by atoms with E-state index in [1.165, 1.54) is 17.6 Å². The number of hydrogen-bond acceptors (Lipinski definition) is 4. The van der Waals surface area contributed by atoms with Crippen LogP contribution in [0, 0.1) is 0 Å². The van der Waals surface area contributed by atoms with Crippen LogP contribution in [-0.4, -0.2) is 21.9 Å². The first kappa shape index (κ1) is 18.3. The number of nitrogens with zero attached hydrogens (tertiary/aromatic N) is 1. The van der Waals surface area contributed by atoms with Crippen molar-refractivity contribution in [3.8, 4) is 0 Å². The maximum atomic E-state index is 11.9. The zero-order valence-corrected chi connectivity index (χ0v) is 12.9. The Hall–Kier alpha value is -2.76.